The number of hydrogen-bond acceptors (Lipinski definition) is 4. The highest BCUT2D eigenvalue weighted by atomic mass is 16.1. The molecule has 2 heterocycles. The van der Waals surface area contributed by atoms with Gasteiger partial charge in [0.1, 0.15) is 5.52 Å². The maximum absolute atomic E-state index is 13.1. The minimum Gasteiger partial charge on any atom is -0.296 e. The summed E-state index contributed by atoms with van der Waals surface area (Å²) in [4.78, 5) is 17.6. The van der Waals surface area contributed by atoms with Gasteiger partial charge in [-0.2, -0.15) is 0 Å². The van der Waals surface area contributed by atoms with Crippen molar-refractivity contribution in [2.75, 3.05) is 0 Å². The summed E-state index contributed by atoms with van der Waals surface area (Å²) in [7, 11) is 0. The van der Waals surface area contributed by atoms with E-state index in [9.17, 15) is 4.79 Å². The monoisotopic (exact) mass is 328 g/mol. The van der Waals surface area contributed by atoms with E-state index >= 15 is 0 Å². The molecule has 25 heavy (non-hydrogen) atoms. The van der Waals surface area contributed by atoms with E-state index in [2.05, 4.69) is 15.3 Å². The predicted molar refractivity (Wildman–Crippen MR) is 95.1 cm³/mol. The van der Waals surface area contributed by atoms with Gasteiger partial charge in [-0.15, -0.1) is 5.10 Å². The first-order valence-corrected chi connectivity index (χ1v) is 8.03. The molecule has 4 aromatic rings. The summed E-state index contributed by atoms with van der Waals surface area (Å²) in [6.07, 6.45) is 1.69. The van der Waals surface area contributed by atoms with Crippen LogP contribution in [0, 0.1) is 0 Å². The van der Waals surface area contributed by atoms with Crippen molar-refractivity contribution in [2.45, 2.75) is 12.5 Å². The molecule has 0 fully saturated rings. The first-order chi connectivity index (χ1) is 12.2. The van der Waals surface area contributed by atoms with Gasteiger partial charge in [-0.25, -0.2) is 4.68 Å². The molecule has 0 amide bonds. The molecule has 0 saturated heterocycles. The number of para-hydroxylation sites is 1. The van der Waals surface area contributed by atoms with Crippen LogP contribution in [0.3, 0.4) is 0 Å². The van der Waals surface area contributed by atoms with Crippen molar-refractivity contribution in [2.24, 2.45) is 0 Å². The molecule has 0 aliphatic rings. The van der Waals surface area contributed by atoms with Crippen molar-refractivity contribution in [1.29, 1.82) is 0 Å². The Balaban J connectivity index is 2.14. The lowest BCUT2D eigenvalue weighted by molar-refractivity contribution is -0.122. The average molecular weight is 328 g/mol. The average Bonchev–Trinajstić information content (AvgIpc) is 3.09. The van der Waals surface area contributed by atoms with Crippen molar-refractivity contribution in [3.63, 3.8) is 0 Å². The summed E-state index contributed by atoms with van der Waals surface area (Å²) in [6.45, 7) is 1.57. The number of fused-ring (bicyclic) bond motifs is 1. The molecule has 2 aromatic carbocycles. The number of hydrogen-bond donors (Lipinski definition) is 0. The number of rotatable bonds is 4. The van der Waals surface area contributed by atoms with E-state index in [0.29, 0.717) is 5.69 Å². The zero-order valence-electron chi connectivity index (χ0n) is 13.7. The number of Topliss-reactive ketones (excluding diaryl/α,β-unsaturated/α-hetero) is 1. The molecule has 0 N–H and O–H groups in total. The number of benzene rings is 2. The highest BCUT2D eigenvalue weighted by molar-refractivity contribution is 5.93. The zero-order valence-corrected chi connectivity index (χ0v) is 13.7. The topological polar surface area (TPSA) is 60.7 Å². The SMILES string of the molecule is CC(=O)C(c1ccccc1)(c1ccccn1)n1nnc2ccccc21. The van der Waals surface area contributed by atoms with E-state index in [1.807, 2.05) is 72.8 Å². The van der Waals surface area contributed by atoms with Gasteiger partial charge in [0.15, 0.2) is 11.3 Å². The quantitative estimate of drug-likeness (QED) is 0.577. The standard InChI is InChI=1S/C20H16N4O/c1-15(25)20(16-9-3-2-4-10-16,19-13-7-8-14-21-19)24-18-12-6-5-11-17(18)22-23-24/h2-14H,1H3. The van der Waals surface area contributed by atoms with Crippen LogP contribution in [-0.2, 0) is 10.3 Å². The van der Waals surface area contributed by atoms with Gasteiger partial charge in [0, 0.05) is 6.20 Å². The number of carbonyl (C=O) groups is 1. The van der Waals surface area contributed by atoms with Crippen LogP contribution in [0.5, 0.6) is 0 Å². The number of pyridine rings is 1. The summed E-state index contributed by atoms with van der Waals surface area (Å²) in [6, 6.07) is 22.8. The zero-order chi connectivity index (χ0) is 17.3. The number of aromatic nitrogens is 4. The van der Waals surface area contributed by atoms with E-state index in [0.717, 1.165) is 16.6 Å². The van der Waals surface area contributed by atoms with Crippen LogP contribution in [0.2, 0.25) is 0 Å². The lowest BCUT2D eigenvalue weighted by Crippen LogP contribution is -2.44. The normalized spacial score (nSPS) is 13.5. The second kappa shape index (κ2) is 5.94. The van der Waals surface area contributed by atoms with Crippen molar-refractivity contribution >= 4 is 16.8 Å². The Hall–Kier alpha value is -3.34. The van der Waals surface area contributed by atoms with Gasteiger partial charge in [0.25, 0.3) is 0 Å². The van der Waals surface area contributed by atoms with Crippen LogP contribution in [0.4, 0.5) is 0 Å². The molecule has 1 unspecified atom stereocenters. The van der Waals surface area contributed by atoms with Crippen LogP contribution < -0.4 is 0 Å². The fraction of sp³-hybridized carbons (Fsp3) is 0.100. The van der Waals surface area contributed by atoms with E-state index in [1.54, 1.807) is 17.8 Å². The Morgan fingerprint density at radius 3 is 2.36 bits per heavy atom. The number of nitrogens with zero attached hydrogens (tertiary/aromatic N) is 4. The van der Waals surface area contributed by atoms with Crippen molar-refractivity contribution < 1.29 is 4.79 Å². The van der Waals surface area contributed by atoms with Crippen LogP contribution in [-0.4, -0.2) is 25.8 Å². The second-order valence-electron chi connectivity index (χ2n) is 5.84. The summed E-state index contributed by atoms with van der Waals surface area (Å²) >= 11 is 0. The molecule has 0 spiro atoms. The van der Waals surface area contributed by atoms with Gasteiger partial charge < -0.3 is 0 Å². The maximum atomic E-state index is 13.1. The smallest absolute Gasteiger partial charge is 0.189 e. The van der Waals surface area contributed by atoms with Crippen LogP contribution in [0.1, 0.15) is 18.2 Å². The van der Waals surface area contributed by atoms with Crippen molar-refractivity contribution in [3.05, 3.63) is 90.3 Å². The first kappa shape index (κ1) is 15.2. The lowest BCUT2D eigenvalue weighted by atomic mass is 9.82. The summed E-state index contributed by atoms with van der Waals surface area (Å²) in [5, 5.41) is 8.60. The highest BCUT2D eigenvalue weighted by Crippen LogP contribution is 2.35. The van der Waals surface area contributed by atoms with Gasteiger partial charge >= 0.3 is 0 Å². The second-order valence-corrected chi connectivity index (χ2v) is 5.84. The van der Waals surface area contributed by atoms with E-state index in [4.69, 9.17) is 0 Å². The van der Waals surface area contributed by atoms with Gasteiger partial charge in [-0.05, 0) is 36.8 Å². The number of ketones is 1. The summed E-state index contributed by atoms with van der Waals surface area (Å²) in [5.74, 6) is -0.0759. The predicted octanol–water partition coefficient (Wildman–Crippen LogP) is 3.21. The molecular weight excluding hydrogens is 312 g/mol. The molecule has 5 heteroatoms. The van der Waals surface area contributed by atoms with Crippen molar-refractivity contribution in [3.8, 4) is 0 Å². The van der Waals surface area contributed by atoms with Gasteiger partial charge in [0.05, 0.1) is 11.2 Å². The van der Waals surface area contributed by atoms with E-state index in [1.165, 1.54) is 0 Å². The Morgan fingerprint density at radius 1 is 0.920 bits per heavy atom. The molecule has 0 radical (unpaired) electrons. The molecule has 0 saturated carbocycles. The Morgan fingerprint density at radius 2 is 1.64 bits per heavy atom. The van der Waals surface area contributed by atoms with E-state index < -0.39 is 5.54 Å². The van der Waals surface area contributed by atoms with Crippen LogP contribution >= 0.6 is 0 Å². The van der Waals surface area contributed by atoms with Crippen LogP contribution in [0.25, 0.3) is 11.0 Å². The molecule has 0 aliphatic carbocycles. The molecule has 1 atom stereocenters. The fourth-order valence-corrected chi connectivity index (χ4v) is 3.28. The third-order valence-corrected chi connectivity index (χ3v) is 4.41. The van der Waals surface area contributed by atoms with Gasteiger partial charge in [0.2, 0.25) is 0 Å². The molecular formula is C20H16N4O. The molecule has 122 valence electrons. The van der Waals surface area contributed by atoms with Gasteiger partial charge in [-0.1, -0.05) is 53.7 Å². The van der Waals surface area contributed by atoms with Gasteiger partial charge in [-0.3, -0.25) is 9.78 Å². The Bertz CT molecular complexity index is 986. The van der Waals surface area contributed by atoms with E-state index in [-0.39, 0.29) is 5.78 Å². The lowest BCUT2D eigenvalue weighted by Gasteiger charge is -2.31. The molecule has 0 bridgehead atoms. The summed E-state index contributed by atoms with van der Waals surface area (Å²) in [5.41, 5.74) is 1.77. The third kappa shape index (κ3) is 2.24. The molecule has 4 rings (SSSR count). The Labute approximate surface area is 144 Å². The third-order valence-electron chi connectivity index (χ3n) is 4.41. The maximum Gasteiger partial charge on any atom is 0.189 e. The molecule has 0 aliphatic heterocycles. The molecule has 2 aromatic heterocycles. The first-order valence-electron chi connectivity index (χ1n) is 8.03. The van der Waals surface area contributed by atoms with Crippen LogP contribution in [0.15, 0.2) is 79.0 Å². The highest BCUT2D eigenvalue weighted by Gasteiger charge is 2.44. The number of carbonyl (C=O) groups excluding carboxylic acids is 1. The van der Waals surface area contributed by atoms with Crippen molar-refractivity contribution in [1.82, 2.24) is 20.0 Å². The summed E-state index contributed by atoms with van der Waals surface area (Å²) < 4.78 is 1.68. The molecule has 5 nitrogen and oxygen atoms in total. The minimum atomic E-state index is -1.17. The largest absolute Gasteiger partial charge is 0.296 e. The fourth-order valence-electron chi connectivity index (χ4n) is 3.28. The Kier molecular flexibility index (Phi) is 3.61. The minimum absolute atomic E-state index is 0.0759.